The Hall–Kier alpha value is -3.54. The third-order valence-corrected chi connectivity index (χ3v) is 5.09. The summed E-state index contributed by atoms with van der Waals surface area (Å²) in [6, 6.07) is 14.0. The molecule has 1 aromatic heterocycles. The lowest BCUT2D eigenvalue weighted by Crippen LogP contribution is -2.39. The largest absolute Gasteiger partial charge is 0.397 e. The fourth-order valence-electron chi connectivity index (χ4n) is 3.74. The number of nitrogens with zero attached hydrogens (tertiary/aromatic N) is 2. The van der Waals surface area contributed by atoms with Crippen molar-refractivity contribution < 1.29 is 14.3 Å². The number of anilines is 1. The van der Waals surface area contributed by atoms with E-state index in [9.17, 15) is 14.9 Å². The van der Waals surface area contributed by atoms with Gasteiger partial charge in [-0.2, -0.15) is 4.57 Å². The number of allylic oxidation sites excluding steroid dienone is 1. The number of non-ortho nitro benzene ring substituents is 1. The number of benzene rings is 2. The number of para-hydroxylation sites is 1. The predicted octanol–water partition coefficient (Wildman–Crippen LogP) is 3.37. The van der Waals surface area contributed by atoms with Crippen molar-refractivity contribution in [3.8, 4) is 0 Å². The summed E-state index contributed by atoms with van der Waals surface area (Å²) in [5, 5.41) is 11.8. The van der Waals surface area contributed by atoms with E-state index in [4.69, 9.17) is 5.73 Å². The van der Waals surface area contributed by atoms with Crippen LogP contribution in [0.5, 0.6) is 0 Å². The van der Waals surface area contributed by atoms with Crippen molar-refractivity contribution in [2.24, 2.45) is 7.05 Å². The van der Waals surface area contributed by atoms with E-state index in [0.717, 1.165) is 16.6 Å². The number of rotatable bonds is 2. The second-order valence-corrected chi connectivity index (χ2v) is 6.66. The SMILES string of the molecule is C[n+]1c2c(c(N)c3ccccc31)C(=O)/C(=C\c1cccc([N+](=O)[O-])c1)CC2. The zero-order chi connectivity index (χ0) is 19.1. The summed E-state index contributed by atoms with van der Waals surface area (Å²) in [7, 11) is 1.95. The smallest absolute Gasteiger partial charge is 0.270 e. The van der Waals surface area contributed by atoms with Crippen LogP contribution in [0.15, 0.2) is 54.1 Å². The van der Waals surface area contributed by atoms with Crippen LogP contribution in [0.1, 0.15) is 28.0 Å². The van der Waals surface area contributed by atoms with Crippen LogP contribution in [0.4, 0.5) is 11.4 Å². The van der Waals surface area contributed by atoms with E-state index in [1.165, 1.54) is 12.1 Å². The molecule has 0 fully saturated rings. The second kappa shape index (κ2) is 6.32. The maximum absolute atomic E-state index is 13.2. The number of fused-ring (bicyclic) bond motifs is 2. The average Bonchev–Trinajstić information content (AvgIpc) is 2.68. The van der Waals surface area contributed by atoms with Crippen LogP contribution in [0, 0.1) is 10.1 Å². The van der Waals surface area contributed by atoms with Crippen molar-refractivity contribution in [3.05, 3.63) is 81.0 Å². The third-order valence-electron chi connectivity index (χ3n) is 5.09. The van der Waals surface area contributed by atoms with Crippen LogP contribution in [-0.4, -0.2) is 10.7 Å². The summed E-state index contributed by atoms with van der Waals surface area (Å²) in [6.07, 6.45) is 2.99. The zero-order valence-electron chi connectivity index (χ0n) is 14.8. The van der Waals surface area contributed by atoms with Crippen LogP contribution < -0.4 is 10.3 Å². The number of pyridine rings is 1. The van der Waals surface area contributed by atoms with E-state index in [1.54, 1.807) is 18.2 Å². The van der Waals surface area contributed by atoms with Crippen LogP contribution in [0.2, 0.25) is 0 Å². The fourth-order valence-corrected chi connectivity index (χ4v) is 3.74. The lowest BCUT2D eigenvalue weighted by Gasteiger charge is -2.18. The van der Waals surface area contributed by atoms with Gasteiger partial charge in [-0.05, 0) is 24.1 Å². The number of nitrogen functional groups attached to an aromatic ring is 1. The van der Waals surface area contributed by atoms with Crippen LogP contribution in [0.3, 0.4) is 0 Å². The molecule has 0 saturated heterocycles. The van der Waals surface area contributed by atoms with Gasteiger partial charge in [-0.1, -0.05) is 24.3 Å². The number of carbonyl (C=O) groups excluding carboxylic acids is 1. The van der Waals surface area contributed by atoms with Gasteiger partial charge in [0.1, 0.15) is 12.6 Å². The average molecular weight is 360 g/mol. The molecule has 1 aliphatic carbocycles. The van der Waals surface area contributed by atoms with E-state index in [2.05, 4.69) is 0 Å². The highest BCUT2D eigenvalue weighted by Gasteiger charge is 2.32. The molecule has 6 nitrogen and oxygen atoms in total. The highest BCUT2D eigenvalue weighted by atomic mass is 16.6. The van der Waals surface area contributed by atoms with Crippen molar-refractivity contribution in [1.82, 2.24) is 0 Å². The van der Waals surface area contributed by atoms with Gasteiger partial charge in [0.15, 0.2) is 11.5 Å². The molecule has 0 spiro atoms. The van der Waals surface area contributed by atoms with Gasteiger partial charge in [-0.15, -0.1) is 0 Å². The molecule has 2 aromatic carbocycles. The number of carbonyl (C=O) groups is 1. The van der Waals surface area contributed by atoms with Gasteiger partial charge < -0.3 is 5.73 Å². The molecular formula is C21H18N3O3+. The maximum Gasteiger partial charge on any atom is 0.270 e. The molecule has 0 radical (unpaired) electrons. The minimum Gasteiger partial charge on any atom is -0.397 e. The summed E-state index contributed by atoms with van der Waals surface area (Å²) in [4.78, 5) is 23.7. The number of hydrogen-bond donors (Lipinski definition) is 1. The number of aromatic nitrogens is 1. The maximum atomic E-state index is 13.2. The summed E-state index contributed by atoms with van der Waals surface area (Å²) < 4.78 is 2.03. The standard InChI is InChI=1S/C21H17N3O3/c1-23-17-8-3-2-7-16(17)20(22)19-18(23)10-9-14(21(19)25)11-13-5-4-6-15(12-13)24(26)27/h2-8,11-12,22H,9-10H2,1H3/p+1/b14-11-. The van der Waals surface area contributed by atoms with Crippen molar-refractivity contribution in [2.75, 3.05) is 5.73 Å². The van der Waals surface area contributed by atoms with Crippen molar-refractivity contribution in [3.63, 3.8) is 0 Å². The van der Waals surface area contributed by atoms with Crippen LogP contribution >= 0.6 is 0 Å². The topological polar surface area (TPSA) is 90.1 Å². The molecule has 2 N–H and O–H groups in total. The van der Waals surface area contributed by atoms with Gasteiger partial charge in [0.2, 0.25) is 5.52 Å². The van der Waals surface area contributed by atoms with Crippen molar-refractivity contribution in [2.45, 2.75) is 12.8 Å². The molecule has 3 aromatic rings. The van der Waals surface area contributed by atoms with Gasteiger partial charge in [-0.25, -0.2) is 0 Å². The molecule has 0 amide bonds. The first-order valence-corrected chi connectivity index (χ1v) is 8.66. The Morgan fingerprint density at radius 3 is 2.70 bits per heavy atom. The van der Waals surface area contributed by atoms with E-state index >= 15 is 0 Å². The van der Waals surface area contributed by atoms with Crippen LogP contribution in [0.25, 0.3) is 17.0 Å². The molecule has 0 atom stereocenters. The van der Waals surface area contributed by atoms with Crippen LogP contribution in [-0.2, 0) is 13.5 Å². The van der Waals surface area contributed by atoms with Gasteiger partial charge in [0, 0.05) is 30.2 Å². The Labute approximate surface area is 155 Å². The number of ketones is 1. The summed E-state index contributed by atoms with van der Waals surface area (Å²) in [5.41, 5.74) is 10.6. The normalized spacial score (nSPS) is 15.1. The Bertz CT molecular complexity index is 1150. The predicted molar refractivity (Wildman–Crippen MR) is 103 cm³/mol. The highest BCUT2D eigenvalue weighted by molar-refractivity contribution is 6.18. The molecule has 6 heteroatoms. The number of nitrogens with two attached hydrogens (primary N) is 1. The first kappa shape index (κ1) is 16.9. The van der Waals surface area contributed by atoms with Crippen molar-refractivity contribution in [1.29, 1.82) is 0 Å². The number of hydrogen-bond acceptors (Lipinski definition) is 4. The van der Waals surface area contributed by atoms with Crippen molar-refractivity contribution >= 4 is 34.1 Å². The lowest BCUT2D eigenvalue weighted by molar-refractivity contribution is -0.653. The molecule has 0 unspecified atom stereocenters. The Morgan fingerprint density at radius 1 is 1.15 bits per heavy atom. The Kier molecular flexibility index (Phi) is 3.96. The zero-order valence-corrected chi connectivity index (χ0v) is 14.8. The van der Waals surface area contributed by atoms with E-state index in [1.807, 2.05) is 35.9 Å². The minimum atomic E-state index is -0.440. The molecule has 1 aliphatic rings. The first-order chi connectivity index (χ1) is 13.0. The summed E-state index contributed by atoms with van der Waals surface area (Å²) >= 11 is 0. The number of nitro benzene ring substituents is 1. The molecule has 0 bridgehead atoms. The quantitative estimate of drug-likeness (QED) is 0.328. The number of nitro groups is 1. The molecule has 0 aliphatic heterocycles. The van der Waals surface area contributed by atoms with Gasteiger partial charge in [0.05, 0.1) is 16.0 Å². The van der Waals surface area contributed by atoms with E-state index in [0.29, 0.717) is 35.2 Å². The molecule has 4 rings (SSSR count). The third kappa shape index (κ3) is 2.75. The van der Waals surface area contributed by atoms with E-state index < -0.39 is 4.92 Å². The lowest BCUT2D eigenvalue weighted by atomic mass is 9.86. The number of aryl methyl sites for hydroxylation is 1. The van der Waals surface area contributed by atoms with Gasteiger partial charge in [0.25, 0.3) is 5.69 Å². The number of Topliss-reactive ketones (excluding diaryl/α,β-unsaturated/α-hetero) is 1. The summed E-state index contributed by atoms with van der Waals surface area (Å²) in [5.74, 6) is -0.110. The molecular weight excluding hydrogens is 342 g/mol. The minimum absolute atomic E-state index is 0.00455. The van der Waals surface area contributed by atoms with Gasteiger partial charge >= 0.3 is 0 Å². The fraction of sp³-hybridized carbons (Fsp3) is 0.143. The Balaban J connectivity index is 1.84. The monoisotopic (exact) mass is 360 g/mol. The molecule has 1 heterocycles. The Morgan fingerprint density at radius 2 is 1.93 bits per heavy atom. The molecule has 134 valence electrons. The van der Waals surface area contributed by atoms with E-state index in [-0.39, 0.29) is 11.5 Å². The second-order valence-electron chi connectivity index (χ2n) is 6.66. The highest BCUT2D eigenvalue weighted by Crippen LogP contribution is 2.33. The molecule has 27 heavy (non-hydrogen) atoms. The molecule has 0 saturated carbocycles. The first-order valence-electron chi connectivity index (χ1n) is 8.66. The summed E-state index contributed by atoms with van der Waals surface area (Å²) in [6.45, 7) is 0. The van der Waals surface area contributed by atoms with Gasteiger partial charge in [-0.3, -0.25) is 14.9 Å².